The van der Waals surface area contributed by atoms with Gasteiger partial charge in [-0.3, -0.25) is 19.3 Å². The van der Waals surface area contributed by atoms with Crippen LogP contribution in [0, 0.1) is 13.8 Å². The standard InChI is InChI=1S/C24H17BrN4O5/c1-12-5-13(2)21-18(6-12)22(31)23(32)29(21)10-16-9-28(27-26-16)11-19(30)17-7-14-3-4-15(25)8-20(14)34-24(17)33/h3-9H,10-11H2,1-2H3. The van der Waals surface area contributed by atoms with Crippen molar-refractivity contribution in [3.63, 3.8) is 0 Å². The smallest absolute Gasteiger partial charge is 0.347 e. The highest BCUT2D eigenvalue weighted by atomic mass is 79.9. The molecule has 170 valence electrons. The Kier molecular flexibility index (Phi) is 5.24. The zero-order valence-corrected chi connectivity index (χ0v) is 19.7. The molecule has 0 radical (unpaired) electrons. The number of Topliss-reactive ketones (excluding diaryl/α,β-unsaturated/α-hetero) is 2. The number of benzene rings is 2. The molecule has 1 aliphatic heterocycles. The number of amides is 1. The van der Waals surface area contributed by atoms with Gasteiger partial charge in [0.05, 0.1) is 24.0 Å². The molecule has 2 aromatic heterocycles. The lowest BCUT2D eigenvalue weighted by Gasteiger charge is -2.17. The molecule has 2 aromatic carbocycles. The number of ketones is 2. The molecule has 0 atom stereocenters. The monoisotopic (exact) mass is 520 g/mol. The minimum Gasteiger partial charge on any atom is -0.422 e. The van der Waals surface area contributed by atoms with Crippen LogP contribution in [0.4, 0.5) is 5.69 Å². The average Bonchev–Trinajstić information content (AvgIpc) is 3.31. The van der Waals surface area contributed by atoms with Crippen molar-refractivity contribution < 1.29 is 18.8 Å². The van der Waals surface area contributed by atoms with Crippen LogP contribution in [0.5, 0.6) is 0 Å². The van der Waals surface area contributed by atoms with E-state index in [1.54, 1.807) is 24.3 Å². The second-order valence-electron chi connectivity index (χ2n) is 8.16. The van der Waals surface area contributed by atoms with Crippen molar-refractivity contribution in [2.45, 2.75) is 26.9 Å². The number of aryl methyl sites for hydroxylation is 2. The van der Waals surface area contributed by atoms with Crippen LogP contribution in [-0.2, 0) is 17.9 Å². The van der Waals surface area contributed by atoms with Crippen LogP contribution in [0.2, 0.25) is 0 Å². The summed E-state index contributed by atoms with van der Waals surface area (Å²) in [7, 11) is 0. The molecule has 0 saturated carbocycles. The molecule has 4 aromatic rings. The molecule has 0 fully saturated rings. The molecule has 0 aliphatic carbocycles. The quantitative estimate of drug-likeness (QED) is 0.225. The predicted octanol–water partition coefficient (Wildman–Crippen LogP) is 3.38. The lowest BCUT2D eigenvalue weighted by Crippen LogP contribution is -2.29. The molecule has 0 unspecified atom stereocenters. The van der Waals surface area contributed by atoms with Gasteiger partial charge in [-0.15, -0.1) is 5.10 Å². The molecule has 34 heavy (non-hydrogen) atoms. The van der Waals surface area contributed by atoms with Crippen molar-refractivity contribution in [1.29, 1.82) is 0 Å². The summed E-state index contributed by atoms with van der Waals surface area (Å²) in [5, 5.41) is 8.60. The molecule has 1 amide bonds. The van der Waals surface area contributed by atoms with Gasteiger partial charge in [0.1, 0.15) is 23.4 Å². The maximum Gasteiger partial charge on any atom is 0.347 e. The number of nitrogens with zero attached hydrogens (tertiary/aromatic N) is 4. The van der Waals surface area contributed by atoms with Crippen molar-refractivity contribution in [3.8, 4) is 0 Å². The second-order valence-corrected chi connectivity index (χ2v) is 9.07. The summed E-state index contributed by atoms with van der Waals surface area (Å²) in [5.74, 6) is -1.67. The summed E-state index contributed by atoms with van der Waals surface area (Å²) in [6.07, 6.45) is 1.51. The zero-order valence-electron chi connectivity index (χ0n) is 18.2. The van der Waals surface area contributed by atoms with Crippen LogP contribution >= 0.6 is 15.9 Å². The third kappa shape index (κ3) is 3.75. The molecule has 1 aliphatic rings. The van der Waals surface area contributed by atoms with E-state index in [9.17, 15) is 19.2 Å². The van der Waals surface area contributed by atoms with Gasteiger partial charge >= 0.3 is 5.63 Å². The van der Waals surface area contributed by atoms with Gasteiger partial charge < -0.3 is 4.42 Å². The van der Waals surface area contributed by atoms with Crippen LogP contribution < -0.4 is 10.5 Å². The first-order valence-electron chi connectivity index (χ1n) is 10.3. The van der Waals surface area contributed by atoms with Gasteiger partial charge in [0, 0.05) is 9.86 Å². The van der Waals surface area contributed by atoms with Crippen molar-refractivity contribution in [3.05, 3.63) is 85.4 Å². The molecule has 0 spiro atoms. The van der Waals surface area contributed by atoms with E-state index in [1.807, 2.05) is 19.9 Å². The van der Waals surface area contributed by atoms with E-state index in [0.717, 1.165) is 15.6 Å². The largest absolute Gasteiger partial charge is 0.422 e. The average molecular weight is 521 g/mol. The zero-order chi connectivity index (χ0) is 24.1. The van der Waals surface area contributed by atoms with Crippen molar-refractivity contribution in [1.82, 2.24) is 15.0 Å². The van der Waals surface area contributed by atoms with E-state index in [0.29, 0.717) is 27.9 Å². The van der Waals surface area contributed by atoms with Crippen LogP contribution in [0.25, 0.3) is 11.0 Å². The fraction of sp³-hybridized carbons (Fsp3) is 0.167. The summed E-state index contributed by atoms with van der Waals surface area (Å²) < 4.78 is 7.31. The SMILES string of the molecule is Cc1cc(C)c2c(c1)C(=O)C(=O)N2Cc1cn(CC(=O)c2cc3ccc(Br)cc3oc2=O)nn1. The Morgan fingerprint density at radius 2 is 1.88 bits per heavy atom. The maximum absolute atomic E-state index is 12.8. The summed E-state index contributed by atoms with van der Waals surface area (Å²) in [4.78, 5) is 51.5. The highest BCUT2D eigenvalue weighted by molar-refractivity contribution is 9.10. The Balaban J connectivity index is 1.37. The third-order valence-corrected chi connectivity index (χ3v) is 6.10. The Morgan fingerprint density at radius 3 is 2.68 bits per heavy atom. The molecule has 10 heteroatoms. The molecule has 0 N–H and O–H groups in total. The van der Waals surface area contributed by atoms with Crippen LogP contribution in [0.3, 0.4) is 0 Å². The number of fused-ring (bicyclic) bond motifs is 2. The number of aromatic nitrogens is 3. The number of carbonyl (C=O) groups excluding carboxylic acids is 3. The summed E-state index contributed by atoms with van der Waals surface area (Å²) in [5.41, 5.74) is 2.59. The first-order chi connectivity index (χ1) is 16.2. The van der Waals surface area contributed by atoms with Gasteiger partial charge in [-0.2, -0.15) is 0 Å². The number of rotatable bonds is 5. The predicted molar refractivity (Wildman–Crippen MR) is 126 cm³/mol. The first kappa shape index (κ1) is 21.9. The summed E-state index contributed by atoms with van der Waals surface area (Å²) in [6.45, 7) is 3.50. The normalized spacial score (nSPS) is 13.1. The fourth-order valence-electron chi connectivity index (χ4n) is 4.14. The molecule has 5 rings (SSSR count). The molecular formula is C24H17BrN4O5. The van der Waals surface area contributed by atoms with E-state index in [2.05, 4.69) is 26.2 Å². The second kappa shape index (κ2) is 8.14. The van der Waals surface area contributed by atoms with E-state index < -0.39 is 23.1 Å². The Labute approximate surface area is 201 Å². The van der Waals surface area contributed by atoms with Crippen molar-refractivity contribution in [2.24, 2.45) is 0 Å². The summed E-state index contributed by atoms with van der Waals surface area (Å²) >= 11 is 3.31. The van der Waals surface area contributed by atoms with E-state index >= 15 is 0 Å². The van der Waals surface area contributed by atoms with Crippen LogP contribution in [-0.4, -0.2) is 32.5 Å². The van der Waals surface area contributed by atoms with Gasteiger partial charge in [-0.1, -0.05) is 33.3 Å². The van der Waals surface area contributed by atoms with Gasteiger partial charge in [0.15, 0.2) is 5.78 Å². The van der Waals surface area contributed by atoms with E-state index in [-0.39, 0.29) is 18.7 Å². The Hall–Kier alpha value is -3.92. The number of carbonyl (C=O) groups is 3. The third-order valence-electron chi connectivity index (χ3n) is 5.61. The Morgan fingerprint density at radius 1 is 1.09 bits per heavy atom. The van der Waals surface area contributed by atoms with Crippen LogP contribution in [0.1, 0.15) is 37.5 Å². The fourth-order valence-corrected chi connectivity index (χ4v) is 4.48. The summed E-state index contributed by atoms with van der Waals surface area (Å²) in [6, 6.07) is 10.3. The van der Waals surface area contributed by atoms with Gasteiger partial charge in [-0.25, -0.2) is 9.48 Å². The van der Waals surface area contributed by atoms with Gasteiger partial charge in [0.25, 0.3) is 11.7 Å². The first-order valence-corrected chi connectivity index (χ1v) is 11.1. The number of anilines is 1. The molecule has 0 bridgehead atoms. The molecule has 0 saturated heterocycles. The highest BCUT2D eigenvalue weighted by Crippen LogP contribution is 2.34. The lowest BCUT2D eigenvalue weighted by molar-refractivity contribution is -0.114. The number of halogens is 1. The van der Waals surface area contributed by atoms with Crippen molar-refractivity contribution >= 4 is 50.1 Å². The van der Waals surface area contributed by atoms with Crippen molar-refractivity contribution in [2.75, 3.05) is 4.90 Å². The lowest BCUT2D eigenvalue weighted by atomic mass is 10.0. The minimum atomic E-state index is -0.737. The topological polar surface area (TPSA) is 115 Å². The minimum absolute atomic E-state index is 0.0304. The number of hydrogen-bond donors (Lipinski definition) is 0. The van der Waals surface area contributed by atoms with E-state index in [4.69, 9.17) is 4.42 Å². The molecular weight excluding hydrogens is 504 g/mol. The molecule has 9 nitrogen and oxygen atoms in total. The molecule has 3 heterocycles. The van der Waals surface area contributed by atoms with Gasteiger partial charge in [0.2, 0.25) is 0 Å². The number of hydrogen-bond acceptors (Lipinski definition) is 7. The van der Waals surface area contributed by atoms with Crippen LogP contribution in [0.15, 0.2) is 56.3 Å². The highest BCUT2D eigenvalue weighted by Gasteiger charge is 2.37. The maximum atomic E-state index is 12.8. The van der Waals surface area contributed by atoms with E-state index in [1.165, 1.54) is 21.8 Å². The Bertz CT molecular complexity index is 1590. The van der Waals surface area contributed by atoms with Gasteiger partial charge in [-0.05, 0) is 49.2 Å².